The van der Waals surface area contributed by atoms with Crippen LogP contribution in [0.4, 0.5) is 5.69 Å². The summed E-state index contributed by atoms with van der Waals surface area (Å²) in [6.07, 6.45) is 0. The van der Waals surface area contributed by atoms with Gasteiger partial charge in [0.2, 0.25) is 0 Å². The lowest BCUT2D eigenvalue weighted by Crippen LogP contribution is -2.45. The van der Waals surface area contributed by atoms with Gasteiger partial charge in [0.25, 0.3) is 0 Å². The van der Waals surface area contributed by atoms with Crippen molar-refractivity contribution in [2.45, 2.75) is 12.5 Å². The number of ether oxygens (including phenoxy) is 1. The SMILES string of the molecule is CN(C)c1cccc(OCC(C)(N)CO)c1. The molecule has 1 atom stereocenters. The molecule has 3 N–H and O–H groups in total. The Morgan fingerprint density at radius 3 is 2.69 bits per heavy atom. The van der Waals surface area contributed by atoms with Crippen LogP contribution in [0.1, 0.15) is 6.92 Å². The molecular formula is C12H20N2O2. The van der Waals surface area contributed by atoms with Gasteiger partial charge in [0.1, 0.15) is 12.4 Å². The quantitative estimate of drug-likeness (QED) is 0.778. The lowest BCUT2D eigenvalue weighted by atomic mass is 10.1. The summed E-state index contributed by atoms with van der Waals surface area (Å²) < 4.78 is 5.54. The molecule has 90 valence electrons. The van der Waals surface area contributed by atoms with Crippen molar-refractivity contribution >= 4 is 5.69 Å². The minimum absolute atomic E-state index is 0.0969. The van der Waals surface area contributed by atoms with Crippen LogP contribution in [0, 0.1) is 0 Å². The van der Waals surface area contributed by atoms with Crippen LogP contribution in [0.2, 0.25) is 0 Å². The molecule has 0 bridgehead atoms. The molecule has 0 saturated carbocycles. The molecule has 1 aromatic rings. The number of anilines is 1. The lowest BCUT2D eigenvalue weighted by Gasteiger charge is -2.22. The standard InChI is InChI=1S/C12H20N2O2/c1-12(13,8-15)9-16-11-6-4-5-10(7-11)14(2)3/h4-7,15H,8-9,13H2,1-3H3. The second kappa shape index (κ2) is 5.18. The minimum Gasteiger partial charge on any atom is -0.492 e. The van der Waals surface area contributed by atoms with Gasteiger partial charge in [-0.2, -0.15) is 0 Å². The Morgan fingerprint density at radius 2 is 2.12 bits per heavy atom. The first-order chi connectivity index (χ1) is 7.44. The van der Waals surface area contributed by atoms with Crippen molar-refractivity contribution in [3.63, 3.8) is 0 Å². The third-order valence-corrected chi connectivity index (χ3v) is 2.26. The molecule has 0 heterocycles. The molecule has 1 rings (SSSR count). The number of hydrogen-bond donors (Lipinski definition) is 2. The molecule has 0 fully saturated rings. The summed E-state index contributed by atoms with van der Waals surface area (Å²) in [7, 11) is 3.94. The molecule has 4 nitrogen and oxygen atoms in total. The van der Waals surface area contributed by atoms with E-state index in [9.17, 15) is 0 Å². The topological polar surface area (TPSA) is 58.7 Å². The number of nitrogens with two attached hydrogens (primary N) is 1. The van der Waals surface area contributed by atoms with E-state index in [1.807, 2.05) is 43.3 Å². The first-order valence-electron chi connectivity index (χ1n) is 5.24. The minimum atomic E-state index is -0.700. The van der Waals surface area contributed by atoms with Crippen molar-refractivity contribution in [1.82, 2.24) is 0 Å². The molecule has 0 saturated heterocycles. The van der Waals surface area contributed by atoms with E-state index in [0.29, 0.717) is 6.61 Å². The monoisotopic (exact) mass is 224 g/mol. The molecule has 0 radical (unpaired) electrons. The summed E-state index contributed by atoms with van der Waals surface area (Å²) >= 11 is 0. The van der Waals surface area contributed by atoms with E-state index in [1.165, 1.54) is 0 Å². The first kappa shape index (κ1) is 12.8. The summed E-state index contributed by atoms with van der Waals surface area (Å²) in [6.45, 7) is 1.95. The maximum Gasteiger partial charge on any atom is 0.121 e. The number of aliphatic hydroxyl groups excluding tert-OH is 1. The van der Waals surface area contributed by atoms with E-state index in [4.69, 9.17) is 15.6 Å². The molecule has 1 unspecified atom stereocenters. The molecule has 16 heavy (non-hydrogen) atoms. The van der Waals surface area contributed by atoms with Crippen LogP contribution in [0.25, 0.3) is 0 Å². The number of rotatable bonds is 5. The van der Waals surface area contributed by atoms with Gasteiger partial charge in [0.15, 0.2) is 0 Å². The summed E-state index contributed by atoms with van der Waals surface area (Å²) in [6, 6.07) is 7.74. The fraction of sp³-hybridized carbons (Fsp3) is 0.500. The van der Waals surface area contributed by atoms with Crippen molar-refractivity contribution in [1.29, 1.82) is 0 Å². The molecular weight excluding hydrogens is 204 g/mol. The molecule has 1 aromatic carbocycles. The normalized spacial score (nSPS) is 14.3. The van der Waals surface area contributed by atoms with E-state index in [0.717, 1.165) is 11.4 Å². The highest BCUT2D eigenvalue weighted by Crippen LogP contribution is 2.19. The van der Waals surface area contributed by atoms with Crippen LogP contribution >= 0.6 is 0 Å². The van der Waals surface area contributed by atoms with E-state index >= 15 is 0 Å². The van der Waals surface area contributed by atoms with Gasteiger partial charge in [-0.25, -0.2) is 0 Å². The average molecular weight is 224 g/mol. The fourth-order valence-corrected chi connectivity index (χ4v) is 1.15. The fourth-order valence-electron chi connectivity index (χ4n) is 1.15. The van der Waals surface area contributed by atoms with Crippen molar-refractivity contribution < 1.29 is 9.84 Å². The highest BCUT2D eigenvalue weighted by molar-refractivity contribution is 5.49. The zero-order valence-corrected chi connectivity index (χ0v) is 10.1. The Bertz CT molecular complexity index is 338. The highest BCUT2D eigenvalue weighted by Gasteiger charge is 2.17. The van der Waals surface area contributed by atoms with Gasteiger partial charge < -0.3 is 20.5 Å². The van der Waals surface area contributed by atoms with Gasteiger partial charge >= 0.3 is 0 Å². The zero-order chi connectivity index (χ0) is 12.2. The average Bonchev–Trinajstić information content (AvgIpc) is 2.27. The Hall–Kier alpha value is -1.26. The van der Waals surface area contributed by atoms with Crippen LogP contribution < -0.4 is 15.4 Å². The van der Waals surface area contributed by atoms with Crippen molar-refractivity contribution in [3.05, 3.63) is 24.3 Å². The third kappa shape index (κ3) is 3.72. The highest BCUT2D eigenvalue weighted by atomic mass is 16.5. The van der Waals surface area contributed by atoms with Gasteiger partial charge in [0.05, 0.1) is 12.1 Å². The van der Waals surface area contributed by atoms with Crippen LogP contribution in [0.5, 0.6) is 5.75 Å². The van der Waals surface area contributed by atoms with Gasteiger partial charge in [-0.15, -0.1) is 0 Å². The van der Waals surface area contributed by atoms with Crippen LogP contribution in [0.3, 0.4) is 0 Å². The van der Waals surface area contributed by atoms with E-state index in [-0.39, 0.29) is 6.61 Å². The molecule has 0 aromatic heterocycles. The Labute approximate surface area is 96.6 Å². The third-order valence-electron chi connectivity index (χ3n) is 2.26. The maximum absolute atomic E-state index is 9.00. The van der Waals surface area contributed by atoms with E-state index in [1.54, 1.807) is 6.92 Å². The summed E-state index contributed by atoms with van der Waals surface area (Å²) in [4.78, 5) is 2.00. The Balaban J connectivity index is 2.64. The van der Waals surface area contributed by atoms with Crippen LogP contribution in [0.15, 0.2) is 24.3 Å². The predicted molar refractivity (Wildman–Crippen MR) is 65.9 cm³/mol. The molecule has 0 aliphatic rings. The number of aliphatic hydroxyl groups is 1. The van der Waals surface area contributed by atoms with Gasteiger partial charge in [-0.1, -0.05) is 6.07 Å². The van der Waals surface area contributed by atoms with Crippen LogP contribution in [-0.4, -0.2) is 38.0 Å². The molecule has 0 amide bonds. The van der Waals surface area contributed by atoms with E-state index in [2.05, 4.69) is 0 Å². The molecule has 0 aliphatic carbocycles. The molecule has 4 heteroatoms. The zero-order valence-electron chi connectivity index (χ0n) is 10.1. The summed E-state index contributed by atoms with van der Waals surface area (Å²) in [5.41, 5.74) is 6.15. The summed E-state index contributed by atoms with van der Waals surface area (Å²) in [5, 5.41) is 9.00. The molecule has 0 spiro atoms. The van der Waals surface area contributed by atoms with Gasteiger partial charge in [-0.3, -0.25) is 0 Å². The maximum atomic E-state index is 9.00. The second-order valence-electron chi connectivity index (χ2n) is 4.49. The number of nitrogens with zero attached hydrogens (tertiary/aromatic N) is 1. The van der Waals surface area contributed by atoms with Gasteiger partial charge in [0, 0.05) is 25.8 Å². The second-order valence-corrected chi connectivity index (χ2v) is 4.49. The predicted octanol–water partition coefficient (Wildman–Crippen LogP) is 0.841. The lowest BCUT2D eigenvalue weighted by molar-refractivity contribution is 0.146. The van der Waals surface area contributed by atoms with E-state index < -0.39 is 5.54 Å². The largest absolute Gasteiger partial charge is 0.492 e. The van der Waals surface area contributed by atoms with Crippen molar-refractivity contribution in [2.24, 2.45) is 5.73 Å². The van der Waals surface area contributed by atoms with Crippen LogP contribution in [-0.2, 0) is 0 Å². The Morgan fingerprint density at radius 1 is 1.44 bits per heavy atom. The number of hydrogen-bond acceptors (Lipinski definition) is 4. The van der Waals surface area contributed by atoms with Gasteiger partial charge in [-0.05, 0) is 19.1 Å². The Kier molecular flexibility index (Phi) is 4.15. The first-order valence-corrected chi connectivity index (χ1v) is 5.24. The van der Waals surface area contributed by atoms with Crippen molar-refractivity contribution in [2.75, 3.05) is 32.2 Å². The van der Waals surface area contributed by atoms with Crippen molar-refractivity contribution in [3.8, 4) is 5.75 Å². The number of benzene rings is 1. The summed E-state index contributed by atoms with van der Waals surface area (Å²) in [5.74, 6) is 0.760. The smallest absolute Gasteiger partial charge is 0.121 e. The molecule has 0 aliphatic heterocycles.